The molecule has 3 rings (SSSR count). The van der Waals surface area contributed by atoms with Gasteiger partial charge >= 0.3 is 0 Å². The Hall–Kier alpha value is -2.79. The van der Waals surface area contributed by atoms with Crippen LogP contribution in [0.2, 0.25) is 0 Å². The van der Waals surface area contributed by atoms with Gasteiger partial charge in [-0.05, 0) is 58.6 Å². The van der Waals surface area contributed by atoms with E-state index in [2.05, 4.69) is 56.3 Å². The molecular weight excluding hydrogens is 304 g/mol. The summed E-state index contributed by atoms with van der Waals surface area (Å²) in [7, 11) is 0. The summed E-state index contributed by atoms with van der Waals surface area (Å²) >= 11 is 0. The molecule has 0 aliphatic heterocycles. The molecule has 1 aliphatic rings. The lowest BCUT2D eigenvalue weighted by Gasteiger charge is -2.15. The van der Waals surface area contributed by atoms with Crippen LogP contribution in [0.15, 0.2) is 66.9 Å². The monoisotopic (exact) mass is 328 g/mol. The first kappa shape index (κ1) is 17.0. The Bertz CT molecular complexity index is 852. The third-order valence-electron chi connectivity index (χ3n) is 5.45. The van der Waals surface area contributed by atoms with E-state index in [9.17, 15) is 0 Å². The summed E-state index contributed by atoms with van der Waals surface area (Å²) < 4.78 is 0. The maximum absolute atomic E-state index is 8.90. The zero-order valence-electron chi connectivity index (χ0n) is 14.9. The Morgan fingerprint density at radius 1 is 1.24 bits per heavy atom. The summed E-state index contributed by atoms with van der Waals surface area (Å²) in [5, 5.41) is 8.90. The molecule has 2 atom stereocenters. The second-order valence-electron chi connectivity index (χ2n) is 7.10. The molecule has 2 aromatic rings. The lowest BCUT2D eigenvalue weighted by molar-refractivity contribution is 0.694. The van der Waals surface area contributed by atoms with Gasteiger partial charge in [0.25, 0.3) is 0 Å². The number of benzene rings is 2. The molecule has 2 heteroatoms. The number of nitrogens with zero attached hydrogens (tertiary/aromatic N) is 1. The van der Waals surface area contributed by atoms with Crippen molar-refractivity contribution in [3.8, 4) is 6.07 Å². The van der Waals surface area contributed by atoms with E-state index in [0.717, 1.165) is 23.5 Å². The van der Waals surface area contributed by atoms with Crippen molar-refractivity contribution in [2.24, 2.45) is 11.7 Å². The van der Waals surface area contributed by atoms with Gasteiger partial charge in [-0.25, -0.2) is 0 Å². The molecule has 2 aromatic carbocycles. The number of nitrogens with two attached hydrogens (primary N) is 1. The minimum absolute atomic E-state index is 0.337. The van der Waals surface area contributed by atoms with Crippen LogP contribution in [0.1, 0.15) is 42.5 Å². The smallest absolute Gasteiger partial charge is 0.0991 e. The summed E-state index contributed by atoms with van der Waals surface area (Å²) in [4.78, 5) is 0. The van der Waals surface area contributed by atoms with Gasteiger partial charge in [0, 0.05) is 6.20 Å². The SMILES string of the molecule is CC1CC1(C)c1ccccc1C/C=C\C(=C/N)c1ccc(C#N)cc1. The van der Waals surface area contributed by atoms with Crippen molar-refractivity contribution in [3.63, 3.8) is 0 Å². The largest absolute Gasteiger partial charge is 0.404 e. The fourth-order valence-electron chi connectivity index (χ4n) is 3.51. The van der Waals surface area contributed by atoms with Gasteiger partial charge in [0.2, 0.25) is 0 Å². The molecule has 2 unspecified atom stereocenters. The molecule has 2 nitrogen and oxygen atoms in total. The predicted octanol–water partition coefficient (Wildman–Crippen LogP) is 4.95. The zero-order chi connectivity index (χ0) is 17.9. The number of allylic oxidation sites excluding steroid dienone is 3. The van der Waals surface area contributed by atoms with Crippen molar-refractivity contribution in [2.45, 2.75) is 32.1 Å². The zero-order valence-corrected chi connectivity index (χ0v) is 14.9. The van der Waals surface area contributed by atoms with Crippen LogP contribution >= 0.6 is 0 Å². The molecule has 0 heterocycles. The molecule has 0 bridgehead atoms. The van der Waals surface area contributed by atoms with Gasteiger partial charge in [-0.2, -0.15) is 5.26 Å². The van der Waals surface area contributed by atoms with E-state index < -0.39 is 0 Å². The number of rotatable bonds is 5. The van der Waals surface area contributed by atoms with Crippen molar-refractivity contribution in [3.05, 3.63) is 89.1 Å². The second kappa shape index (κ2) is 6.99. The Morgan fingerprint density at radius 3 is 2.52 bits per heavy atom. The molecule has 1 aliphatic carbocycles. The lowest BCUT2D eigenvalue weighted by Crippen LogP contribution is -2.06. The summed E-state index contributed by atoms with van der Waals surface area (Å²) in [6.07, 6.45) is 8.02. The van der Waals surface area contributed by atoms with E-state index in [4.69, 9.17) is 11.0 Å². The topological polar surface area (TPSA) is 49.8 Å². The van der Waals surface area contributed by atoms with Crippen molar-refractivity contribution in [1.29, 1.82) is 5.26 Å². The van der Waals surface area contributed by atoms with Crippen molar-refractivity contribution in [1.82, 2.24) is 0 Å². The fraction of sp³-hybridized carbons (Fsp3) is 0.261. The second-order valence-corrected chi connectivity index (χ2v) is 7.10. The van der Waals surface area contributed by atoms with Crippen LogP contribution in [-0.4, -0.2) is 0 Å². The summed E-state index contributed by atoms with van der Waals surface area (Å²) in [5.74, 6) is 0.760. The van der Waals surface area contributed by atoms with Crippen molar-refractivity contribution in [2.75, 3.05) is 0 Å². The molecule has 25 heavy (non-hydrogen) atoms. The quantitative estimate of drug-likeness (QED) is 0.789. The molecule has 0 amide bonds. The average Bonchev–Trinajstić information content (AvgIpc) is 3.27. The van der Waals surface area contributed by atoms with E-state index >= 15 is 0 Å². The Morgan fingerprint density at radius 2 is 1.92 bits per heavy atom. The third-order valence-corrected chi connectivity index (χ3v) is 5.45. The minimum Gasteiger partial charge on any atom is -0.404 e. The molecule has 1 saturated carbocycles. The van der Waals surface area contributed by atoms with Crippen LogP contribution in [0.3, 0.4) is 0 Å². The molecule has 126 valence electrons. The van der Waals surface area contributed by atoms with Gasteiger partial charge in [0.05, 0.1) is 11.6 Å². The Kier molecular flexibility index (Phi) is 4.76. The molecule has 0 radical (unpaired) electrons. The maximum atomic E-state index is 8.90. The van der Waals surface area contributed by atoms with Gasteiger partial charge in [-0.1, -0.05) is 62.4 Å². The lowest BCUT2D eigenvalue weighted by atomic mass is 9.89. The normalized spacial score (nSPS) is 22.8. The van der Waals surface area contributed by atoms with E-state index in [-0.39, 0.29) is 0 Å². The Balaban J connectivity index is 1.76. The molecule has 0 spiro atoms. The number of nitriles is 1. The van der Waals surface area contributed by atoms with E-state index in [1.807, 2.05) is 24.3 Å². The van der Waals surface area contributed by atoms with Crippen molar-refractivity contribution < 1.29 is 0 Å². The van der Waals surface area contributed by atoms with E-state index in [0.29, 0.717) is 11.0 Å². The predicted molar refractivity (Wildman–Crippen MR) is 104 cm³/mol. The third kappa shape index (κ3) is 3.51. The maximum Gasteiger partial charge on any atom is 0.0991 e. The van der Waals surface area contributed by atoms with Gasteiger partial charge < -0.3 is 5.73 Å². The van der Waals surface area contributed by atoms with Crippen LogP contribution < -0.4 is 5.73 Å². The van der Waals surface area contributed by atoms with Crippen molar-refractivity contribution >= 4 is 5.57 Å². The fourth-order valence-corrected chi connectivity index (χ4v) is 3.51. The number of hydrogen-bond acceptors (Lipinski definition) is 2. The van der Waals surface area contributed by atoms with Crippen LogP contribution in [0, 0.1) is 17.2 Å². The first-order valence-electron chi connectivity index (χ1n) is 8.76. The minimum atomic E-state index is 0.337. The molecule has 0 saturated heterocycles. The summed E-state index contributed by atoms with van der Waals surface area (Å²) in [6, 6.07) is 18.4. The summed E-state index contributed by atoms with van der Waals surface area (Å²) in [6.45, 7) is 4.69. The Labute approximate surface area is 150 Å². The number of hydrogen-bond donors (Lipinski definition) is 1. The van der Waals surface area contributed by atoms with Crippen LogP contribution in [0.25, 0.3) is 5.57 Å². The molecular formula is C23H24N2. The molecule has 1 fully saturated rings. The molecule has 0 aromatic heterocycles. The van der Waals surface area contributed by atoms with E-state index in [1.165, 1.54) is 17.5 Å². The van der Waals surface area contributed by atoms with E-state index in [1.54, 1.807) is 6.20 Å². The highest BCUT2D eigenvalue weighted by atomic mass is 14.5. The van der Waals surface area contributed by atoms with Crippen LogP contribution in [0.5, 0.6) is 0 Å². The highest BCUT2D eigenvalue weighted by molar-refractivity contribution is 5.73. The average molecular weight is 328 g/mol. The highest BCUT2D eigenvalue weighted by Gasteiger charge is 2.48. The highest BCUT2D eigenvalue weighted by Crippen LogP contribution is 2.54. The first-order valence-corrected chi connectivity index (χ1v) is 8.76. The first-order chi connectivity index (χ1) is 12.1. The van der Waals surface area contributed by atoms with Gasteiger partial charge in [-0.3, -0.25) is 0 Å². The molecule has 2 N–H and O–H groups in total. The van der Waals surface area contributed by atoms with Gasteiger partial charge in [0.15, 0.2) is 0 Å². The summed E-state index contributed by atoms with van der Waals surface area (Å²) in [5.41, 5.74) is 11.7. The standard InChI is InChI=1S/C23H24N2/c1-17-14-23(17,2)22-9-4-3-6-20(22)7-5-8-21(16-25)19-12-10-18(15-24)11-13-19/h3-6,8-13,16-17H,7,14,25H2,1-2H3/b8-5-,21-16+. The van der Waals surface area contributed by atoms with Gasteiger partial charge in [-0.15, -0.1) is 0 Å². The van der Waals surface area contributed by atoms with Crippen LogP contribution in [-0.2, 0) is 11.8 Å². The van der Waals surface area contributed by atoms with Gasteiger partial charge in [0.1, 0.15) is 0 Å². The van der Waals surface area contributed by atoms with Crippen LogP contribution in [0.4, 0.5) is 0 Å².